The van der Waals surface area contributed by atoms with Gasteiger partial charge in [0.2, 0.25) is 0 Å². The molecule has 0 fully saturated rings. The highest BCUT2D eigenvalue weighted by Crippen LogP contribution is 2.30. The SMILES string of the molecule is COc1ccc(OC)c(NC(=O)COc2ccc([N+](=O)[O-])cc2Cl)c1. The summed E-state index contributed by atoms with van der Waals surface area (Å²) in [6, 6.07) is 8.68. The molecule has 0 spiro atoms. The summed E-state index contributed by atoms with van der Waals surface area (Å²) in [5.74, 6) is 0.721. The number of halogens is 1. The van der Waals surface area contributed by atoms with Gasteiger partial charge in [0, 0.05) is 18.2 Å². The summed E-state index contributed by atoms with van der Waals surface area (Å²) in [4.78, 5) is 22.2. The van der Waals surface area contributed by atoms with Gasteiger partial charge in [-0.3, -0.25) is 14.9 Å². The first-order valence-electron chi connectivity index (χ1n) is 7.03. The van der Waals surface area contributed by atoms with E-state index in [0.717, 1.165) is 6.07 Å². The molecule has 0 atom stereocenters. The van der Waals surface area contributed by atoms with Crippen LogP contribution in [-0.2, 0) is 4.79 Å². The second kappa shape index (κ2) is 8.20. The zero-order chi connectivity index (χ0) is 18.4. The van der Waals surface area contributed by atoms with Crippen molar-refractivity contribution in [3.63, 3.8) is 0 Å². The number of anilines is 1. The predicted octanol–water partition coefficient (Wildman–Crippen LogP) is 3.28. The monoisotopic (exact) mass is 366 g/mol. The maximum Gasteiger partial charge on any atom is 0.271 e. The molecule has 25 heavy (non-hydrogen) atoms. The number of nitro groups is 1. The molecule has 2 aromatic carbocycles. The number of hydrogen-bond acceptors (Lipinski definition) is 6. The smallest absolute Gasteiger partial charge is 0.271 e. The van der Waals surface area contributed by atoms with Crippen LogP contribution in [0.25, 0.3) is 0 Å². The lowest BCUT2D eigenvalue weighted by Crippen LogP contribution is -2.20. The van der Waals surface area contributed by atoms with Crippen molar-refractivity contribution < 1.29 is 23.9 Å². The van der Waals surface area contributed by atoms with Crippen molar-refractivity contribution in [1.29, 1.82) is 0 Å². The van der Waals surface area contributed by atoms with Crippen LogP contribution < -0.4 is 19.5 Å². The number of amides is 1. The van der Waals surface area contributed by atoms with Gasteiger partial charge in [0.15, 0.2) is 6.61 Å². The Morgan fingerprint density at radius 1 is 1.16 bits per heavy atom. The molecule has 0 aliphatic heterocycles. The molecule has 1 N–H and O–H groups in total. The molecule has 0 aliphatic carbocycles. The number of ether oxygens (including phenoxy) is 3. The summed E-state index contributed by atoms with van der Waals surface area (Å²) in [6.45, 7) is -0.335. The molecule has 132 valence electrons. The summed E-state index contributed by atoms with van der Waals surface area (Å²) < 4.78 is 15.6. The molecule has 0 radical (unpaired) electrons. The fraction of sp³-hybridized carbons (Fsp3) is 0.188. The number of benzene rings is 2. The summed E-state index contributed by atoms with van der Waals surface area (Å²) in [7, 11) is 2.98. The Balaban J connectivity index is 2.03. The molecule has 0 saturated heterocycles. The zero-order valence-corrected chi connectivity index (χ0v) is 14.2. The molecule has 0 bridgehead atoms. The fourth-order valence-corrected chi connectivity index (χ4v) is 2.19. The van der Waals surface area contributed by atoms with Gasteiger partial charge in [-0.05, 0) is 18.2 Å². The van der Waals surface area contributed by atoms with E-state index in [-0.39, 0.29) is 23.1 Å². The van der Waals surface area contributed by atoms with Crippen LogP contribution in [0.1, 0.15) is 0 Å². The van der Waals surface area contributed by atoms with Crippen LogP contribution in [0.2, 0.25) is 5.02 Å². The summed E-state index contributed by atoms with van der Waals surface area (Å²) in [5.41, 5.74) is 0.258. The van der Waals surface area contributed by atoms with Gasteiger partial charge in [0.25, 0.3) is 11.6 Å². The largest absolute Gasteiger partial charge is 0.497 e. The van der Waals surface area contributed by atoms with E-state index >= 15 is 0 Å². The van der Waals surface area contributed by atoms with Crippen molar-refractivity contribution in [2.24, 2.45) is 0 Å². The van der Waals surface area contributed by atoms with Crippen LogP contribution in [-0.4, -0.2) is 31.7 Å². The van der Waals surface area contributed by atoms with Crippen molar-refractivity contribution in [2.45, 2.75) is 0 Å². The molecule has 8 nitrogen and oxygen atoms in total. The number of non-ortho nitro benzene ring substituents is 1. The van der Waals surface area contributed by atoms with Crippen LogP contribution in [0.3, 0.4) is 0 Å². The second-order valence-electron chi connectivity index (χ2n) is 4.77. The average molecular weight is 367 g/mol. The van der Waals surface area contributed by atoms with Crippen LogP contribution in [0.15, 0.2) is 36.4 Å². The highest BCUT2D eigenvalue weighted by Gasteiger charge is 2.13. The Bertz CT molecular complexity index is 796. The van der Waals surface area contributed by atoms with Crippen molar-refractivity contribution in [2.75, 3.05) is 26.1 Å². The van der Waals surface area contributed by atoms with Crippen LogP contribution in [0.4, 0.5) is 11.4 Å². The highest BCUT2D eigenvalue weighted by atomic mass is 35.5. The normalized spacial score (nSPS) is 10.0. The van der Waals surface area contributed by atoms with Crippen molar-refractivity contribution in [1.82, 2.24) is 0 Å². The third-order valence-electron chi connectivity index (χ3n) is 3.17. The quantitative estimate of drug-likeness (QED) is 0.596. The van der Waals surface area contributed by atoms with Crippen molar-refractivity contribution >= 4 is 28.9 Å². The molecule has 9 heteroatoms. The van der Waals surface area contributed by atoms with Crippen molar-refractivity contribution in [3.05, 3.63) is 51.5 Å². The lowest BCUT2D eigenvalue weighted by molar-refractivity contribution is -0.384. The number of hydrogen-bond donors (Lipinski definition) is 1. The Kier molecular flexibility index (Phi) is 6.02. The van der Waals surface area contributed by atoms with Crippen LogP contribution >= 0.6 is 11.6 Å². The first kappa shape index (κ1) is 18.3. The van der Waals surface area contributed by atoms with Gasteiger partial charge in [-0.2, -0.15) is 0 Å². The van der Waals surface area contributed by atoms with E-state index in [4.69, 9.17) is 25.8 Å². The molecule has 0 aromatic heterocycles. The standard InChI is InChI=1S/C16H15ClN2O6/c1-23-11-4-6-15(24-2)13(8-11)18-16(20)9-25-14-5-3-10(19(21)22)7-12(14)17/h3-8H,9H2,1-2H3,(H,18,20). The minimum absolute atomic E-state index is 0.0426. The molecule has 2 rings (SSSR count). The Hall–Kier alpha value is -3.00. The predicted molar refractivity (Wildman–Crippen MR) is 91.8 cm³/mol. The van der Waals surface area contributed by atoms with E-state index in [0.29, 0.717) is 17.2 Å². The minimum Gasteiger partial charge on any atom is -0.497 e. The van der Waals surface area contributed by atoms with E-state index in [2.05, 4.69) is 5.32 Å². The number of methoxy groups -OCH3 is 2. The van der Waals surface area contributed by atoms with E-state index < -0.39 is 10.8 Å². The lowest BCUT2D eigenvalue weighted by atomic mass is 10.2. The van der Waals surface area contributed by atoms with E-state index in [1.54, 1.807) is 18.2 Å². The van der Waals surface area contributed by atoms with Gasteiger partial charge < -0.3 is 19.5 Å². The third-order valence-corrected chi connectivity index (χ3v) is 3.46. The van der Waals surface area contributed by atoms with Crippen molar-refractivity contribution in [3.8, 4) is 17.2 Å². The van der Waals surface area contributed by atoms with Gasteiger partial charge in [-0.15, -0.1) is 0 Å². The molecular formula is C16H15ClN2O6. The van der Waals surface area contributed by atoms with Gasteiger partial charge in [-0.1, -0.05) is 11.6 Å². The molecule has 0 unspecified atom stereocenters. The molecule has 0 saturated carbocycles. The number of nitro benzene ring substituents is 1. The molecule has 0 heterocycles. The average Bonchev–Trinajstić information content (AvgIpc) is 2.60. The number of nitrogens with one attached hydrogen (secondary N) is 1. The Morgan fingerprint density at radius 2 is 1.88 bits per heavy atom. The maximum absolute atomic E-state index is 12.1. The number of nitrogens with zero attached hydrogens (tertiary/aromatic N) is 1. The molecule has 1 amide bonds. The molecule has 2 aromatic rings. The Morgan fingerprint density at radius 3 is 2.48 bits per heavy atom. The summed E-state index contributed by atoms with van der Waals surface area (Å²) in [5, 5.41) is 13.3. The first-order chi connectivity index (χ1) is 11.9. The van der Waals surface area contributed by atoms with Gasteiger partial charge in [-0.25, -0.2) is 0 Å². The Labute approximate surface area is 148 Å². The van der Waals surface area contributed by atoms with E-state index in [9.17, 15) is 14.9 Å². The topological polar surface area (TPSA) is 99.9 Å². The summed E-state index contributed by atoms with van der Waals surface area (Å²) >= 11 is 5.91. The minimum atomic E-state index is -0.572. The number of rotatable bonds is 7. The lowest BCUT2D eigenvalue weighted by Gasteiger charge is -2.12. The maximum atomic E-state index is 12.1. The fourth-order valence-electron chi connectivity index (χ4n) is 1.96. The summed E-state index contributed by atoms with van der Waals surface area (Å²) in [6.07, 6.45) is 0. The second-order valence-corrected chi connectivity index (χ2v) is 5.18. The highest BCUT2D eigenvalue weighted by molar-refractivity contribution is 6.32. The third kappa shape index (κ3) is 4.74. The van der Waals surface area contributed by atoms with Gasteiger partial charge >= 0.3 is 0 Å². The van der Waals surface area contributed by atoms with Gasteiger partial charge in [0.05, 0.1) is 29.9 Å². The van der Waals surface area contributed by atoms with E-state index in [1.165, 1.54) is 26.4 Å². The number of carbonyl (C=O) groups excluding carboxylic acids is 1. The zero-order valence-electron chi connectivity index (χ0n) is 13.4. The molecular weight excluding hydrogens is 352 g/mol. The van der Waals surface area contributed by atoms with Crippen LogP contribution in [0.5, 0.6) is 17.2 Å². The van der Waals surface area contributed by atoms with Gasteiger partial charge in [0.1, 0.15) is 17.2 Å². The molecule has 0 aliphatic rings. The van der Waals surface area contributed by atoms with Crippen LogP contribution in [0, 0.1) is 10.1 Å². The number of carbonyl (C=O) groups is 1. The van der Waals surface area contributed by atoms with E-state index in [1.807, 2.05) is 0 Å². The first-order valence-corrected chi connectivity index (χ1v) is 7.41.